The van der Waals surface area contributed by atoms with Crippen molar-refractivity contribution in [2.45, 2.75) is 31.2 Å². The summed E-state index contributed by atoms with van der Waals surface area (Å²) in [4.78, 5) is 3.25. The predicted molar refractivity (Wildman–Crippen MR) is 88.5 cm³/mol. The van der Waals surface area contributed by atoms with Gasteiger partial charge in [-0.25, -0.2) is 0 Å². The number of rotatable bonds is 3. The molecule has 3 aromatic rings. The maximum absolute atomic E-state index is 3.84. The zero-order valence-electron chi connectivity index (χ0n) is 12.1. The van der Waals surface area contributed by atoms with Crippen molar-refractivity contribution in [1.82, 2.24) is 4.98 Å². The van der Waals surface area contributed by atoms with E-state index in [9.17, 15) is 0 Å². The van der Waals surface area contributed by atoms with Crippen molar-refractivity contribution >= 4 is 16.6 Å². The van der Waals surface area contributed by atoms with Gasteiger partial charge in [-0.3, -0.25) is 0 Å². The molecule has 0 atom stereocenters. The van der Waals surface area contributed by atoms with Crippen LogP contribution in [0.25, 0.3) is 10.9 Å². The second-order valence-electron chi connectivity index (χ2n) is 6.06. The summed E-state index contributed by atoms with van der Waals surface area (Å²) in [5.41, 5.74) is 3.93. The third-order valence-electron chi connectivity index (χ3n) is 4.72. The van der Waals surface area contributed by atoms with Gasteiger partial charge in [0.05, 0.1) is 5.54 Å². The number of aromatic nitrogens is 1. The van der Waals surface area contributed by atoms with Crippen LogP contribution in [0.5, 0.6) is 0 Å². The summed E-state index contributed by atoms with van der Waals surface area (Å²) in [6, 6.07) is 19.6. The van der Waals surface area contributed by atoms with Crippen molar-refractivity contribution in [3.63, 3.8) is 0 Å². The van der Waals surface area contributed by atoms with Crippen molar-refractivity contribution in [2.75, 3.05) is 5.32 Å². The van der Waals surface area contributed by atoms with Crippen LogP contribution >= 0.6 is 0 Å². The first kappa shape index (κ1) is 12.5. The van der Waals surface area contributed by atoms with Gasteiger partial charge in [0.2, 0.25) is 0 Å². The van der Waals surface area contributed by atoms with Crippen LogP contribution in [-0.2, 0) is 5.54 Å². The van der Waals surface area contributed by atoms with Gasteiger partial charge in [-0.2, -0.15) is 0 Å². The number of aromatic amines is 1. The van der Waals surface area contributed by atoms with Crippen molar-refractivity contribution in [3.05, 3.63) is 66.4 Å². The fraction of sp³-hybridized carbons (Fsp3) is 0.263. The van der Waals surface area contributed by atoms with Crippen molar-refractivity contribution in [3.8, 4) is 0 Å². The number of H-pyrrole nitrogens is 1. The van der Waals surface area contributed by atoms with E-state index in [0.29, 0.717) is 0 Å². The van der Waals surface area contributed by atoms with E-state index in [0.717, 1.165) is 0 Å². The average molecular weight is 276 g/mol. The Balaban J connectivity index is 1.71. The van der Waals surface area contributed by atoms with E-state index in [2.05, 4.69) is 64.9 Å². The summed E-state index contributed by atoms with van der Waals surface area (Å²) in [6.07, 6.45) is 7.02. The van der Waals surface area contributed by atoms with Crippen LogP contribution in [0, 0.1) is 0 Å². The molecule has 2 N–H and O–H groups in total. The molecule has 0 spiro atoms. The Morgan fingerprint density at radius 1 is 0.905 bits per heavy atom. The maximum Gasteiger partial charge on any atom is 0.0625 e. The number of fused-ring (bicyclic) bond motifs is 1. The van der Waals surface area contributed by atoms with Crippen molar-refractivity contribution in [2.24, 2.45) is 0 Å². The Morgan fingerprint density at radius 3 is 2.52 bits per heavy atom. The van der Waals surface area contributed by atoms with Crippen LogP contribution < -0.4 is 5.32 Å². The van der Waals surface area contributed by atoms with Gasteiger partial charge in [0.15, 0.2) is 0 Å². The zero-order chi connectivity index (χ0) is 14.1. The molecule has 1 aromatic heterocycles. The molecule has 1 aliphatic carbocycles. The van der Waals surface area contributed by atoms with Gasteiger partial charge in [-0.1, -0.05) is 43.2 Å². The lowest BCUT2D eigenvalue weighted by Crippen LogP contribution is -2.31. The van der Waals surface area contributed by atoms with E-state index in [1.54, 1.807) is 0 Å². The van der Waals surface area contributed by atoms with Crippen molar-refractivity contribution in [1.29, 1.82) is 0 Å². The molecule has 2 aromatic carbocycles. The number of anilines is 1. The molecule has 0 radical (unpaired) electrons. The molecule has 21 heavy (non-hydrogen) atoms. The van der Waals surface area contributed by atoms with Gasteiger partial charge in [-0.15, -0.1) is 0 Å². The molecule has 106 valence electrons. The lowest BCUT2D eigenvalue weighted by atomic mass is 9.88. The SMILES string of the molecule is c1ccc(C2(Nc3ccc4[nH]ccc4c3)CCCC2)cc1. The molecular formula is C19H20N2. The van der Waals surface area contributed by atoms with Crippen LogP contribution in [0.3, 0.4) is 0 Å². The molecule has 0 amide bonds. The first-order valence-electron chi connectivity index (χ1n) is 7.77. The fourth-order valence-electron chi connectivity index (χ4n) is 3.63. The minimum Gasteiger partial charge on any atom is -0.376 e. The van der Waals surface area contributed by atoms with Gasteiger partial charge in [-0.05, 0) is 42.7 Å². The quantitative estimate of drug-likeness (QED) is 0.688. The lowest BCUT2D eigenvalue weighted by Gasteiger charge is -2.32. The van der Waals surface area contributed by atoms with Gasteiger partial charge >= 0.3 is 0 Å². The summed E-state index contributed by atoms with van der Waals surface area (Å²) in [5.74, 6) is 0. The normalized spacial score (nSPS) is 17.1. The fourth-order valence-corrected chi connectivity index (χ4v) is 3.63. The zero-order valence-corrected chi connectivity index (χ0v) is 12.1. The third kappa shape index (κ3) is 2.21. The average Bonchev–Trinajstić information content (AvgIpc) is 3.17. The van der Waals surface area contributed by atoms with Gasteiger partial charge in [0, 0.05) is 22.8 Å². The Morgan fingerprint density at radius 2 is 1.71 bits per heavy atom. The molecule has 0 saturated heterocycles. The summed E-state index contributed by atoms with van der Waals surface area (Å²) >= 11 is 0. The highest BCUT2D eigenvalue weighted by Gasteiger charge is 2.35. The smallest absolute Gasteiger partial charge is 0.0625 e. The first-order valence-corrected chi connectivity index (χ1v) is 7.77. The Hall–Kier alpha value is -2.22. The molecule has 2 nitrogen and oxygen atoms in total. The summed E-state index contributed by atoms with van der Waals surface area (Å²) < 4.78 is 0. The summed E-state index contributed by atoms with van der Waals surface area (Å²) in [5, 5.41) is 5.10. The highest BCUT2D eigenvalue weighted by molar-refractivity contribution is 5.83. The predicted octanol–water partition coefficient (Wildman–Crippen LogP) is 5.05. The van der Waals surface area contributed by atoms with Crippen LogP contribution in [0.4, 0.5) is 5.69 Å². The maximum atomic E-state index is 3.84. The van der Waals surface area contributed by atoms with E-state index >= 15 is 0 Å². The highest BCUT2D eigenvalue weighted by atomic mass is 15.0. The first-order chi connectivity index (χ1) is 10.4. The van der Waals surface area contributed by atoms with E-state index in [1.807, 2.05) is 6.20 Å². The highest BCUT2D eigenvalue weighted by Crippen LogP contribution is 2.41. The van der Waals surface area contributed by atoms with E-state index in [4.69, 9.17) is 0 Å². The molecule has 1 fully saturated rings. The number of nitrogens with one attached hydrogen (secondary N) is 2. The van der Waals surface area contributed by atoms with E-state index in [1.165, 1.54) is 47.8 Å². The second-order valence-corrected chi connectivity index (χ2v) is 6.06. The molecule has 1 heterocycles. The number of hydrogen-bond acceptors (Lipinski definition) is 1. The molecule has 4 rings (SSSR count). The van der Waals surface area contributed by atoms with E-state index < -0.39 is 0 Å². The van der Waals surface area contributed by atoms with Crippen LogP contribution in [0.2, 0.25) is 0 Å². The van der Waals surface area contributed by atoms with E-state index in [-0.39, 0.29) is 5.54 Å². The van der Waals surface area contributed by atoms with Crippen LogP contribution in [-0.4, -0.2) is 4.98 Å². The molecule has 0 bridgehead atoms. The molecule has 0 unspecified atom stereocenters. The molecule has 2 heteroatoms. The van der Waals surface area contributed by atoms with Gasteiger partial charge in [0.1, 0.15) is 0 Å². The number of hydrogen-bond donors (Lipinski definition) is 2. The largest absolute Gasteiger partial charge is 0.376 e. The Kier molecular flexibility index (Phi) is 2.95. The van der Waals surface area contributed by atoms with Gasteiger partial charge < -0.3 is 10.3 Å². The minimum atomic E-state index is 0.102. The topological polar surface area (TPSA) is 27.8 Å². The van der Waals surface area contributed by atoms with Gasteiger partial charge in [0.25, 0.3) is 0 Å². The van der Waals surface area contributed by atoms with Crippen molar-refractivity contribution < 1.29 is 0 Å². The Labute approximate surface area is 125 Å². The molecular weight excluding hydrogens is 256 g/mol. The second kappa shape index (κ2) is 4.96. The molecule has 1 aliphatic rings. The standard InChI is InChI=1S/C19H20N2/c1-2-6-16(7-3-1)19(11-4-5-12-19)21-17-8-9-18-15(14-17)10-13-20-18/h1-3,6-10,13-14,20-21H,4-5,11-12H2. The monoisotopic (exact) mass is 276 g/mol. The molecule has 1 saturated carbocycles. The number of benzene rings is 2. The summed E-state index contributed by atoms with van der Waals surface area (Å²) in [7, 11) is 0. The lowest BCUT2D eigenvalue weighted by molar-refractivity contribution is 0.509. The van der Waals surface area contributed by atoms with Crippen LogP contribution in [0.1, 0.15) is 31.2 Å². The Bertz CT molecular complexity index is 736. The third-order valence-corrected chi connectivity index (χ3v) is 4.72. The minimum absolute atomic E-state index is 0.102. The van der Waals surface area contributed by atoms with Crippen LogP contribution in [0.15, 0.2) is 60.8 Å². The summed E-state index contributed by atoms with van der Waals surface area (Å²) in [6.45, 7) is 0. The molecule has 0 aliphatic heterocycles.